The lowest BCUT2D eigenvalue weighted by molar-refractivity contribution is 0.0288. The number of nitrogens with two attached hydrogens (primary N) is 1. The van der Waals surface area contributed by atoms with E-state index in [0.717, 1.165) is 55.3 Å². The third-order valence-corrected chi connectivity index (χ3v) is 4.99. The van der Waals surface area contributed by atoms with Gasteiger partial charge in [-0.2, -0.15) is 0 Å². The van der Waals surface area contributed by atoms with Gasteiger partial charge in [-0.25, -0.2) is 0 Å². The van der Waals surface area contributed by atoms with Crippen molar-refractivity contribution >= 4 is 5.69 Å². The van der Waals surface area contributed by atoms with Gasteiger partial charge in [0.15, 0.2) is 0 Å². The molecule has 2 saturated heterocycles. The zero-order valence-electron chi connectivity index (χ0n) is 14.9. The second-order valence-corrected chi connectivity index (χ2v) is 6.94. The zero-order valence-corrected chi connectivity index (χ0v) is 14.9. The highest BCUT2D eigenvalue weighted by atomic mass is 16.5. The Morgan fingerprint density at radius 1 is 1.04 bits per heavy atom. The van der Waals surface area contributed by atoms with Crippen molar-refractivity contribution in [3.63, 3.8) is 0 Å². The van der Waals surface area contributed by atoms with Crippen LogP contribution in [0.1, 0.15) is 24.0 Å². The normalized spacial score (nSPS) is 21.4. The minimum atomic E-state index is 0.475. The van der Waals surface area contributed by atoms with Gasteiger partial charge in [0.25, 0.3) is 0 Å². The largest absolute Gasteiger partial charge is 0.494 e. The van der Waals surface area contributed by atoms with E-state index in [0.29, 0.717) is 12.1 Å². The molecule has 134 valence electrons. The first kappa shape index (κ1) is 17.0. The molecule has 0 saturated carbocycles. The highest BCUT2D eigenvalue weighted by Crippen LogP contribution is 2.27. The number of rotatable bonds is 5. The molecule has 26 heavy (non-hydrogen) atoms. The van der Waals surface area contributed by atoms with Crippen LogP contribution in [-0.4, -0.2) is 43.3 Å². The van der Waals surface area contributed by atoms with Gasteiger partial charge < -0.3 is 15.2 Å². The summed E-state index contributed by atoms with van der Waals surface area (Å²) in [5.74, 6) is 7.20. The fourth-order valence-electron chi connectivity index (χ4n) is 3.56. The number of hydrogen-bond donors (Lipinski definition) is 1. The SMILES string of the molecule is Nc1ccc(C#Cc2ccc(OCCCN3CC4CC3CO4)cc2)cc1. The summed E-state index contributed by atoms with van der Waals surface area (Å²) in [6, 6.07) is 16.2. The van der Waals surface area contributed by atoms with Crippen molar-refractivity contribution in [3.8, 4) is 17.6 Å². The van der Waals surface area contributed by atoms with Crippen molar-refractivity contribution in [2.75, 3.05) is 32.0 Å². The van der Waals surface area contributed by atoms with E-state index in [-0.39, 0.29) is 0 Å². The van der Waals surface area contributed by atoms with Gasteiger partial charge in [-0.15, -0.1) is 0 Å². The number of nitrogens with zero attached hydrogens (tertiary/aromatic N) is 1. The van der Waals surface area contributed by atoms with E-state index in [9.17, 15) is 0 Å². The lowest BCUT2D eigenvalue weighted by Gasteiger charge is -2.26. The molecular formula is C22H24N2O2. The minimum absolute atomic E-state index is 0.475. The Morgan fingerprint density at radius 2 is 1.73 bits per heavy atom. The molecule has 2 heterocycles. The topological polar surface area (TPSA) is 47.7 Å². The number of benzene rings is 2. The summed E-state index contributed by atoms with van der Waals surface area (Å²) in [7, 11) is 0. The van der Waals surface area contributed by atoms with E-state index in [1.54, 1.807) is 0 Å². The highest BCUT2D eigenvalue weighted by Gasteiger charge is 2.38. The molecule has 2 atom stereocenters. The molecule has 0 spiro atoms. The zero-order chi connectivity index (χ0) is 17.8. The van der Waals surface area contributed by atoms with E-state index in [1.807, 2.05) is 48.5 Å². The molecule has 4 rings (SSSR count). The van der Waals surface area contributed by atoms with Crippen LogP contribution in [-0.2, 0) is 4.74 Å². The molecule has 2 fully saturated rings. The van der Waals surface area contributed by atoms with Crippen molar-refractivity contribution in [1.82, 2.24) is 4.90 Å². The molecule has 4 nitrogen and oxygen atoms in total. The number of morpholine rings is 1. The Kier molecular flexibility index (Phi) is 5.10. The predicted molar refractivity (Wildman–Crippen MR) is 103 cm³/mol. The maximum atomic E-state index is 5.86. The van der Waals surface area contributed by atoms with Gasteiger partial charge in [0, 0.05) is 35.9 Å². The summed E-state index contributed by atoms with van der Waals surface area (Å²) >= 11 is 0. The fraction of sp³-hybridized carbons (Fsp3) is 0.364. The van der Waals surface area contributed by atoms with Crippen molar-refractivity contribution in [3.05, 3.63) is 59.7 Å². The van der Waals surface area contributed by atoms with Crippen molar-refractivity contribution in [2.24, 2.45) is 0 Å². The van der Waals surface area contributed by atoms with Crippen LogP contribution in [0.25, 0.3) is 0 Å². The molecule has 2 bridgehead atoms. The van der Waals surface area contributed by atoms with E-state index in [4.69, 9.17) is 15.2 Å². The number of ether oxygens (including phenoxy) is 2. The molecule has 0 radical (unpaired) electrons. The number of hydrogen-bond acceptors (Lipinski definition) is 4. The van der Waals surface area contributed by atoms with Gasteiger partial charge in [0.2, 0.25) is 0 Å². The lowest BCUT2D eigenvalue weighted by atomic mass is 10.1. The van der Waals surface area contributed by atoms with E-state index in [1.165, 1.54) is 6.42 Å². The van der Waals surface area contributed by atoms with Gasteiger partial charge in [0.1, 0.15) is 5.75 Å². The van der Waals surface area contributed by atoms with Crippen LogP contribution < -0.4 is 10.5 Å². The second kappa shape index (κ2) is 7.82. The summed E-state index contributed by atoms with van der Waals surface area (Å²) in [6.45, 7) is 3.83. The van der Waals surface area contributed by atoms with E-state index in [2.05, 4.69) is 16.7 Å². The Labute approximate surface area is 154 Å². The number of fused-ring (bicyclic) bond motifs is 2. The molecule has 0 amide bonds. The quantitative estimate of drug-likeness (QED) is 0.513. The van der Waals surface area contributed by atoms with Gasteiger partial charge in [-0.05, 0) is 61.4 Å². The van der Waals surface area contributed by atoms with Crippen LogP contribution in [0.4, 0.5) is 5.69 Å². The molecule has 4 heteroatoms. The van der Waals surface area contributed by atoms with Crippen LogP contribution >= 0.6 is 0 Å². The molecule has 0 aliphatic carbocycles. The van der Waals surface area contributed by atoms with Gasteiger partial charge in [-0.1, -0.05) is 11.8 Å². The predicted octanol–water partition coefficient (Wildman–Crippen LogP) is 2.91. The number of likely N-dealkylation sites (tertiary alicyclic amines) is 1. The first-order valence-electron chi connectivity index (χ1n) is 9.22. The Morgan fingerprint density at radius 3 is 2.35 bits per heavy atom. The third kappa shape index (κ3) is 4.19. The summed E-state index contributed by atoms with van der Waals surface area (Å²) in [6.07, 6.45) is 2.73. The van der Waals surface area contributed by atoms with Crippen molar-refractivity contribution in [1.29, 1.82) is 0 Å². The number of nitrogen functional groups attached to an aromatic ring is 1. The fourth-order valence-corrected chi connectivity index (χ4v) is 3.56. The molecule has 2 aliphatic heterocycles. The summed E-state index contributed by atoms with van der Waals surface area (Å²) in [5, 5.41) is 0. The van der Waals surface area contributed by atoms with E-state index >= 15 is 0 Å². The average molecular weight is 348 g/mol. The number of anilines is 1. The summed E-state index contributed by atoms with van der Waals surface area (Å²) in [5.41, 5.74) is 8.37. The lowest BCUT2D eigenvalue weighted by Crippen LogP contribution is -2.37. The molecular weight excluding hydrogens is 324 g/mol. The van der Waals surface area contributed by atoms with Crippen LogP contribution in [0, 0.1) is 11.8 Å². The maximum Gasteiger partial charge on any atom is 0.119 e. The smallest absolute Gasteiger partial charge is 0.119 e. The Bertz CT molecular complexity index is 790. The van der Waals surface area contributed by atoms with Crippen molar-refractivity contribution in [2.45, 2.75) is 25.0 Å². The standard InChI is InChI=1S/C22H24N2O2/c23-19-8-4-17(5-9-19)2-3-18-6-10-21(11-7-18)25-13-1-12-24-15-22-14-20(24)16-26-22/h4-11,20,22H,1,12-16,23H2. The van der Waals surface area contributed by atoms with Crippen LogP contribution in [0.15, 0.2) is 48.5 Å². The monoisotopic (exact) mass is 348 g/mol. The van der Waals surface area contributed by atoms with Crippen LogP contribution in [0.5, 0.6) is 5.75 Å². The average Bonchev–Trinajstić information content (AvgIpc) is 3.29. The first-order chi connectivity index (χ1) is 12.8. The summed E-state index contributed by atoms with van der Waals surface area (Å²) in [4.78, 5) is 2.54. The molecule has 2 unspecified atom stereocenters. The molecule has 2 aromatic carbocycles. The molecule has 2 aliphatic rings. The molecule has 2 aromatic rings. The highest BCUT2D eigenvalue weighted by molar-refractivity contribution is 5.48. The van der Waals surface area contributed by atoms with E-state index < -0.39 is 0 Å². The summed E-state index contributed by atoms with van der Waals surface area (Å²) < 4.78 is 11.5. The molecule has 2 N–H and O–H groups in total. The minimum Gasteiger partial charge on any atom is -0.494 e. The second-order valence-electron chi connectivity index (χ2n) is 6.94. The Balaban J connectivity index is 1.22. The van der Waals surface area contributed by atoms with Gasteiger partial charge in [0.05, 0.1) is 19.3 Å². The third-order valence-electron chi connectivity index (χ3n) is 4.99. The van der Waals surface area contributed by atoms with Gasteiger partial charge in [-0.3, -0.25) is 4.90 Å². The van der Waals surface area contributed by atoms with Crippen LogP contribution in [0.2, 0.25) is 0 Å². The maximum absolute atomic E-state index is 5.86. The Hall–Kier alpha value is -2.48. The first-order valence-corrected chi connectivity index (χ1v) is 9.22. The van der Waals surface area contributed by atoms with Gasteiger partial charge >= 0.3 is 0 Å². The van der Waals surface area contributed by atoms with Crippen LogP contribution in [0.3, 0.4) is 0 Å². The van der Waals surface area contributed by atoms with Crippen molar-refractivity contribution < 1.29 is 9.47 Å². The molecule has 0 aromatic heterocycles.